The Kier molecular flexibility index (Phi) is 5.38. The molecule has 1 atom stereocenters. The lowest BCUT2D eigenvalue weighted by molar-refractivity contribution is -0.689. The first-order valence-corrected chi connectivity index (χ1v) is 10.5. The Bertz CT molecular complexity index is 1110. The van der Waals surface area contributed by atoms with Crippen molar-refractivity contribution in [3.8, 4) is 5.75 Å². The van der Waals surface area contributed by atoms with E-state index in [0.717, 1.165) is 41.5 Å². The molecule has 0 aliphatic carbocycles. The van der Waals surface area contributed by atoms with E-state index < -0.39 is 6.04 Å². The summed E-state index contributed by atoms with van der Waals surface area (Å²) >= 11 is 6.18. The van der Waals surface area contributed by atoms with E-state index in [1.807, 2.05) is 36.6 Å². The summed E-state index contributed by atoms with van der Waals surface area (Å²) in [6.45, 7) is 5.46. The maximum atomic E-state index is 12.8. The maximum Gasteiger partial charge on any atom is 0.402 e. The Labute approximate surface area is 185 Å². The molecule has 2 aromatic rings. The minimum Gasteiger partial charge on any atom is -0.495 e. The second kappa shape index (κ2) is 7.88. The summed E-state index contributed by atoms with van der Waals surface area (Å²) in [7, 11) is 4.75. The van der Waals surface area contributed by atoms with Crippen molar-refractivity contribution in [3.05, 3.63) is 34.6 Å². The van der Waals surface area contributed by atoms with Crippen molar-refractivity contribution in [2.75, 3.05) is 33.1 Å². The number of aromatic nitrogens is 2. The lowest BCUT2D eigenvalue weighted by Gasteiger charge is -2.30. The number of aliphatic imine (C=N–C) groups is 1. The highest BCUT2D eigenvalue weighted by Gasteiger charge is 2.53. The number of halogens is 1. The van der Waals surface area contributed by atoms with Gasteiger partial charge in [0.25, 0.3) is 5.91 Å². The average Bonchev–Trinajstić information content (AvgIpc) is 3.25. The number of methoxy groups -OCH3 is 1. The van der Waals surface area contributed by atoms with Gasteiger partial charge in [0, 0.05) is 26.3 Å². The van der Waals surface area contributed by atoms with Crippen LogP contribution in [0.5, 0.6) is 5.75 Å². The van der Waals surface area contributed by atoms with Crippen molar-refractivity contribution in [2.24, 2.45) is 4.99 Å². The number of nitrogens with zero attached hydrogens (tertiary/aromatic N) is 5. The lowest BCUT2D eigenvalue weighted by Crippen LogP contribution is -2.56. The first-order valence-electron chi connectivity index (χ1n) is 10.1. The third-order valence-electron chi connectivity index (χ3n) is 5.99. The van der Waals surface area contributed by atoms with Gasteiger partial charge in [-0.05, 0) is 38.5 Å². The number of carbonyl (C=O) groups is 2. The van der Waals surface area contributed by atoms with Gasteiger partial charge in [0.15, 0.2) is 0 Å². The zero-order chi connectivity index (χ0) is 22.4. The number of carbonyl (C=O) groups excluding carboxylic acids is 2. The molecule has 3 heterocycles. The van der Waals surface area contributed by atoms with Crippen LogP contribution in [0.15, 0.2) is 23.2 Å². The molecule has 10 heteroatoms. The SMILES string of the molecule is COc1ccc(NCCC[n+]2c(C)c(C)n3c2N=C2C3C(=O)N(C)C(=O)N2C)cc1Cl. The number of imidazole rings is 1. The van der Waals surface area contributed by atoms with Crippen LogP contribution in [-0.4, -0.2) is 59.9 Å². The fraction of sp³-hybridized carbons (Fsp3) is 0.429. The largest absolute Gasteiger partial charge is 0.495 e. The van der Waals surface area contributed by atoms with Crippen molar-refractivity contribution >= 4 is 41.0 Å². The molecule has 2 aliphatic rings. The van der Waals surface area contributed by atoms with E-state index in [-0.39, 0.29) is 11.9 Å². The molecular weight excluding hydrogens is 420 g/mol. The Hall–Kier alpha value is -3.07. The minimum absolute atomic E-state index is 0.260. The van der Waals surface area contributed by atoms with Crippen LogP contribution in [0.2, 0.25) is 5.02 Å². The standard InChI is InChI=1S/C21H26ClN6O3/c1-12-13(2)28-17-18(25(3)21(30)26(4)19(17)29)24-20(28)27(12)10-6-9-23-14-7-8-16(31-5)15(22)11-14/h7-8,11,17,23H,6,9-10H2,1-5H3/q+1. The summed E-state index contributed by atoms with van der Waals surface area (Å²) in [6, 6.07) is 4.63. The molecule has 31 heavy (non-hydrogen) atoms. The summed E-state index contributed by atoms with van der Waals surface area (Å²) in [5.41, 5.74) is 2.95. The van der Waals surface area contributed by atoms with E-state index in [1.165, 1.54) is 11.9 Å². The number of imide groups is 1. The number of hydrogen-bond donors (Lipinski definition) is 1. The number of ether oxygens (including phenoxy) is 1. The summed E-state index contributed by atoms with van der Waals surface area (Å²) in [4.78, 5) is 32.4. The van der Waals surface area contributed by atoms with Crippen molar-refractivity contribution in [1.29, 1.82) is 0 Å². The Morgan fingerprint density at radius 1 is 1.23 bits per heavy atom. The molecule has 3 amide bonds. The zero-order valence-corrected chi connectivity index (χ0v) is 19.0. The number of amidine groups is 1. The number of benzene rings is 1. The normalized spacial score (nSPS) is 17.6. The van der Waals surface area contributed by atoms with Gasteiger partial charge in [-0.25, -0.2) is 13.9 Å². The number of likely N-dealkylation sites (N-methyl/N-ethyl adjacent to an activating group) is 2. The molecule has 0 bridgehead atoms. The molecule has 9 nitrogen and oxygen atoms in total. The highest BCUT2D eigenvalue weighted by atomic mass is 35.5. The minimum atomic E-state index is -0.595. The van der Waals surface area contributed by atoms with Crippen molar-refractivity contribution in [2.45, 2.75) is 32.9 Å². The van der Waals surface area contributed by atoms with E-state index in [0.29, 0.717) is 22.6 Å². The Balaban J connectivity index is 1.51. The topological polar surface area (TPSA) is 83.0 Å². The number of rotatable bonds is 6. The summed E-state index contributed by atoms with van der Waals surface area (Å²) in [5, 5.41) is 3.93. The predicted octanol–water partition coefficient (Wildman–Crippen LogP) is 2.67. The molecule has 1 saturated heterocycles. The van der Waals surface area contributed by atoms with Gasteiger partial charge in [0.1, 0.15) is 17.1 Å². The van der Waals surface area contributed by atoms with Gasteiger partial charge < -0.3 is 10.1 Å². The van der Waals surface area contributed by atoms with Gasteiger partial charge in [-0.3, -0.25) is 14.6 Å². The number of amides is 3. The van der Waals surface area contributed by atoms with Crippen molar-refractivity contribution < 1.29 is 18.9 Å². The van der Waals surface area contributed by atoms with Gasteiger partial charge in [-0.1, -0.05) is 16.6 Å². The highest BCUT2D eigenvalue weighted by Crippen LogP contribution is 2.34. The first kappa shape index (κ1) is 21.2. The molecule has 1 fully saturated rings. The monoisotopic (exact) mass is 445 g/mol. The number of fused-ring (bicyclic) bond motifs is 3. The molecule has 1 aromatic carbocycles. The van der Waals surface area contributed by atoms with Gasteiger partial charge >= 0.3 is 12.0 Å². The predicted molar refractivity (Wildman–Crippen MR) is 117 cm³/mol. The van der Waals surface area contributed by atoms with Crippen LogP contribution in [0.25, 0.3) is 0 Å². The molecule has 2 aliphatic heterocycles. The molecule has 1 aromatic heterocycles. The van der Waals surface area contributed by atoms with E-state index in [1.54, 1.807) is 14.2 Å². The molecule has 4 rings (SSSR count). The zero-order valence-electron chi connectivity index (χ0n) is 18.3. The van der Waals surface area contributed by atoms with Crippen LogP contribution >= 0.6 is 11.6 Å². The van der Waals surface area contributed by atoms with Crippen LogP contribution in [0, 0.1) is 13.8 Å². The van der Waals surface area contributed by atoms with Gasteiger partial charge in [-0.2, -0.15) is 0 Å². The average molecular weight is 446 g/mol. The number of nitrogens with one attached hydrogen (secondary N) is 1. The van der Waals surface area contributed by atoms with Gasteiger partial charge in [-0.15, -0.1) is 0 Å². The van der Waals surface area contributed by atoms with Crippen molar-refractivity contribution in [3.63, 3.8) is 0 Å². The highest BCUT2D eigenvalue weighted by molar-refractivity contribution is 6.32. The van der Waals surface area contributed by atoms with Crippen LogP contribution in [-0.2, 0) is 11.3 Å². The van der Waals surface area contributed by atoms with E-state index in [9.17, 15) is 9.59 Å². The van der Waals surface area contributed by atoms with Crippen LogP contribution in [0.4, 0.5) is 16.4 Å². The van der Waals surface area contributed by atoms with E-state index >= 15 is 0 Å². The number of anilines is 1. The van der Waals surface area contributed by atoms with Crippen LogP contribution in [0.1, 0.15) is 23.9 Å². The number of urea groups is 1. The third-order valence-corrected chi connectivity index (χ3v) is 6.28. The molecule has 1 N–H and O–H groups in total. The Morgan fingerprint density at radius 3 is 2.65 bits per heavy atom. The maximum absolute atomic E-state index is 12.8. The molecular formula is C21H26ClN6O3+. The second-order valence-electron chi connectivity index (χ2n) is 7.73. The first-order chi connectivity index (χ1) is 14.8. The number of hydrogen-bond acceptors (Lipinski definition) is 5. The fourth-order valence-electron chi connectivity index (χ4n) is 4.10. The molecule has 0 spiro atoms. The molecule has 0 radical (unpaired) electrons. The van der Waals surface area contributed by atoms with Crippen LogP contribution < -0.4 is 14.6 Å². The second-order valence-corrected chi connectivity index (χ2v) is 8.14. The molecule has 164 valence electrons. The third kappa shape index (κ3) is 3.33. The van der Waals surface area contributed by atoms with E-state index in [4.69, 9.17) is 16.3 Å². The Morgan fingerprint density at radius 2 is 1.97 bits per heavy atom. The lowest BCUT2D eigenvalue weighted by atomic mass is 10.1. The summed E-state index contributed by atoms with van der Waals surface area (Å²) in [6.07, 6.45) is 0.837. The molecule has 0 saturated carbocycles. The fourth-order valence-corrected chi connectivity index (χ4v) is 4.35. The summed E-state index contributed by atoms with van der Waals surface area (Å²) < 4.78 is 9.22. The van der Waals surface area contributed by atoms with Gasteiger partial charge in [0.05, 0.1) is 18.7 Å². The quantitative estimate of drug-likeness (QED) is 0.547. The van der Waals surface area contributed by atoms with Crippen molar-refractivity contribution in [1.82, 2.24) is 14.4 Å². The molecule has 1 unspecified atom stereocenters. The van der Waals surface area contributed by atoms with Crippen LogP contribution in [0.3, 0.4) is 0 Å². The smallest absolute Gasteiger partial charge is 0.402 e. The summed E-state index contributed by atoms with van der Waals surface area (Å²) in [5.74, 6) is 1.56. The van der Waals surface area contributed by atoms with Gasteiger partial charge in [0.2, 0.25) is 11.9 Å². The van der Waals surface area contributed by atoms with E-state index in [2.05, 4.69) is 14.9 Å².